The van der Waals surface area contributed by atoms with E-state index in [0.29, 0.717) is 12.8 Å². The highest BCUT2D eigenvalue weighted by Crippen LogP contribution is 2.59. The maximum absolute atomic E-state index is 13.7. The maximum Gasteiger partial charge on any atom is 0.312 e. The molecule has 0 saturated carbocycles. The van der Waals surface area contributed by atoms with E-state index in [4.69, 9.17) is 9.47 Å². The predicted molar refractivity (Wildman–Crippen MR) is 105 cm³/mol. The Morgan fingerprint density at radius 2 is 2.03 bits per heavy atom. The number of carbonyl (C=O) groups is 3. The van der Waals surface area contributed by atoms with Crippen LogP contribution < -0.4 is 5.32 Å². The zero-order valence-electron chi connectivity index (χ0n) is 18.0. The van der Waals surface area contributed by atoms with Gasteiger partial charge in [0.1, 0.15) is 11.6 Å². The third kappa shape index (κ3) is 3.34. The molecule has 0 aromatic rings. The van der Waals surface area contributed by atoms with Gasteiger partial charge in [-0.3, -0.25) is 14.4 Å². The molecule has 0 unspecified atom stereocenters. The lowest BCUT2D eigenvalue weighted by Crippen LogP contribution is -2.59. The van der Waals surface area contributed by atoms with Crippen molar-refractivity contribution in [1.29, 1.82) is 0 Å². The number of nitrogens with zero attached hydrogens (tertiary/aromatic N) is 1. The molecule has 2 amide bonds. The summed E-state index contributed by atoms with van der Waals surface area (Å²) in [6.45, 7) is 9.37. The Kier molecular flexibility index (Phi) is 6.24. The molecule has 1 spiro atoms. The Labute approximate surface area is 172 Å². The fraction of sp³-hybridized carbons (Fsp3) is 0.857. The minimum atomic E-state index is -1.04. The van der Waals surface area contributed by atoms with Crippen molar-refractivity contribution in [1.82, 2.24) is 10.2 Å². The molecule has 29 heavy (non-hydrogen) atoms. The summed E-state index contributed by atoms with van der Waals surface area (Å²) >= 11 is 0. The molecule has 2 bridgehead atoms. The van der Waals surface area contributed by atoms with Gasteiger partial charge >= 0.3 is 5.97 Å². The molecule has 3 heterocycles. The Morgan fingerprint density at radius 3 is 2.59 bits per heavy atom. The molecule has 2 N–H and O–H groups in total. The second-order valence-corrected chi connectivity index (χ2v) is 8.85. The van der Waals surface area contributed by atoms with Crippen molar-refractivity contribution in [2.24, 2.45) is 17.8 Å². The number of esters is 1. The number of fused-ring (bicyclic) bond motifs is 1. The van der Waals surface area contributed by atoms with Crippen molar-refractivity contribution < 1.29 is 29.0 Å². The van der Waals surface area contributed by atoms with Gasteiger partial charge in [-0.25, -0.2) is 0 Å². The summed E-state index contributed by atoms with van der Waals surface area (Å²) < 4.78 is 11.5. The Hall–Kier alpha value is -1.67. The number of nitrogens with one attached hydrogen (secondary N) is 1. The summed E-state index contributed by atoms with van der Waals surface area (Å²) in [7, 11) is 0. The predicted octanol–water partition coefficient (Wildman–Crippen LogP) is 0.856. The van der Waals surface area contributed by atoms with Crippen LogP contribution in [0.4, 0.5) is 0 Å². The average molecular weight is 411 g/mol. The van der Waals surface area contributed by atoms with E-state index in [1.807, 2.05) is 27.7 Å². The van der Waals surface area contributed by atoms with Crippen LogP contribution in [0, 0.1) is 17.8 Å². The minimum Gasteiger partial charge on any atom is -0.466 e. The van der Waals surface area contributed by atoms with Crippen LogP contribution in [0.3, 0.4) is 0 Å². The third-order valence-electron chi connectivity index (χ3n) is 6.82. The Balaban J connectivity index is 2.06. The van der Waals surface area contributed by atoms with Crippen molar-refractivity contribution >= 4 is 17.8 Å². The van der Waals surface area contributed by atoms with Crippen LogP contribution in [0.5, 0.6) is 0 Å². The maximum atomic E-state index is 13.7. The SMILES string of the molecule is CCOC(=O)[C@@H]1[C@@H]2CC[C@]3(O2)[C@H](C(=O)NC(C)C)N([C@@H](CO)[C@@H](C)CC)C(=O)[C@@H]13. The fourth-order valence-corrected chi connectivity index (χ4v) is 5.43. The molecular weight excluding hydrogens is 376 g/mol. The van der Waals surface area contributed by atoms with Gasteiger partial charge in [0.05, 0.1) is 37.2 Å². The quantitative estimate of drug-likeness (QED) is 0.575. The molecular formula is C21H34N2O6. The van der Waals surface area contributed by atoms with Crippen molar-refractivity contribution in [2.45, 2.75) is 83.7 Å². The lowest BCUT2D eigenvalue weighted by molar-refractivity contribution is -0.156. The molecule has 0 aromatic heterocycles. The van der Waals surface area contributed by atoms with E-state index in [9.17, 15) is 19.5 Å². The lowest BCUT2D eigenvalue weighted by Gasteiger charge is -2.39. The van der Waals surface area contributed by atoms with Gasteiger partial charge in [0.25, 0.3) is 0 Å². The molecule has 7 atom stereocenters. The normalized spacial score (nSPS) is 35.0. The van der Waals surface area contributed by atoms with E-state index < -0.39 is 41.6 Å². The van der Waals surface area contributed by atoms with Gasteiger partial charge in [-0.1, -0.05) is 20.3 Å². The smallest absolute Gasteiger partial charge is 0.312 e. The van der Waals surface area contributed by atoms with Gasteiger partial charge in [-0.2, -0.15) is 0 Å². The van der Waals surface area contributed by atoms with Crippen LogP contribution in [0.2, 0.25) is 0 Å². The van der Waals surface area contributed by atoms with Gasteiger partial charge < -0.3 is 24.8 Å². The van der Waals surface area contributed by atoms with E-state index in [0.717, 1.165) is 6.42 Å². The number of carbonyl (C=O) groups excluding carboxylic acids is 3. The number of hydrogen-bond donors (Lipinski definition) is 2. The van der Waals surface area contributed by atoms with Crippen molar-refractivity contribution in [3.05, 3.63) is 0 Å². The van der Waals surface area contributed by atoms with Crippen LogP contribution in [-0.4, -0.2) is 70.8 Å². The van der Waals surface area contributed by atoms with E-state index in [-0.39, 0.29) is 37.0 Å². The molecule has 164 valence electrons. The third-order valence-corrected chi connectivity index (χ3v) is 6.82. The number of ether oxygens (including phenoxy) is 2. The topological polar surface area (TPSA) is 105 Å². The van der Waals surface area contributed by atoms with E-state index >= 15 is 0 Å². The molecule has 3 fully saturated rings. The molecule has 8 nitrogen and oxygen atoms in total. The number of rotatable bonds is 8. The number of hydrogen-bond acceptors (Lipinski definition) is 6. The molecule has 3 aliphatic heterocycles. The van der Waals surface area contributed by atoms with Crippen LogP contribution in [-0.2, 0) is 23.9 Å². The summed E-state index contributed by atoms with van der Waals surface area (Å²) in [5, 5.41) is 13.0. The van der Waals surface area contributed by atoms with Gasteiger partial charge in [0, 0.05) is 6.04 Å². The summed E-state index contributed by atoms with van der Waals surface area (Å²) in [5.74, 6) is -2.47. The van der Waals surface area contributed by atoms with Crippen LogP contribution >= 0.6 is 0 Å². The first kappa shape index (κ1) is 22.0. The number of amides is 2. The number of aliphatic hydroxyl groups excluding tert-OH is 1. The van der Waals surface area contributed by atoms with E-state index in [1.165, 1.54) is 4.90 Å². The largest absolute Gasteiger partial charge is 0.466 e. The van der Waals surface area contributed by atoms with E-state index in [1.54, 1.807) is 6.92 Å². The summed E-state index contributed by atoms with van der Waals surface area (Å²) in [4.78, 5) is 41.2. The zero-order chi connectivity index (χ0) is 21.5. The molecule has 3 rings (SSSR count). The average Bonchev–Trinajstić information content (AvgIpc) is 3.29. The Morgan fingerprint density at radius 1 is 1.34 bits per heavy atom. The van der Waals surface area contributed by atoms with Crippen LogP contribution in [0.15, 0.2) is 0 Å². The highest BCUT2D eigenvalue weighted by atomic mass is 16.6. The monoisotopic (exact) mass is 410 g/mol. The number of likely N-dealkylation sites (tertiary alicyclic amines) is 1. The van der Waals surface area contributed by atoms with Gasteiger partial charge in [-0.15, -0.1) is 0 Å². The Bertz CT molecular complexity index is 668. The van der Waals surface area contributed by atoms with Gasteiger partial charge in [0.2, 0.25) is 11.8 Å². The first-order chi connectivity index (χ1) is 13.7. The second kappa shape index (κ2) is 8.22. The molecule has 0 aliphatic carbocycles. The number of aliphatic hydroxyl groups is 1. The summed E-state index contributed by atoms with van der Waals surface area (Å²) in [6.07, 6.45) is 1.49. The summed E-state index contributed by atoms with van der Waals surface area (Å²) in [5.41, 5.74) is -1.04. The highest BCUT2D eigenvalue weighted by molar-refractivity contribution is 5.98. The van der Waals surface area contributed by atoms with Crippen molar-refractivity contribution in [3.63, 3.8) is 0 Å². The molecule has 0 radical (unpaired) electrons. The van der Waals surface area contributed by atoms with Crippen LogP contribution in [0.25, 0.3) is 0 Å². The molecule has 3 aliphatic rings. The second-order valence-electron chi connectivity index (χ2n) is 8.85. The first-order valence-electron chi connectivity index (χ1n) is 10.8. The van der Waals surface area contributed by atoms with Crippen LogP contribution in [0.1, 0.15) is 53.9 Å². The fourth-order valence-electron chi connectivity index (χ4n) is 5.43. The molecule has 0 aromatic carbocycles. The molecule has 8 heteroatoms. The lowest BCUT2D eigenvalue weighted by atomic mass is 9.70. The van der Waals surface area contributed by atoms with Gasteiger partial charge in [0.15, 0.2) is 0 Å². The van der Waals surface area contributed by atoms with Crippen molar-refractivity contribution in [3.8, 4) is 0 Å². The van der Waals surface area contributed by atoms with Crippen molar-refractivity contribution in [2.75, 3.05) is 13.2 Å². The highest BCUT2D eigenvalue weighted by Gasteiger charge is 2.75. The van der Waals surface area contributed by atoms with Gasteiger partial charge in [-0.05, 0) is 39.5 Å². The zero-order valence-corrected chi connectivity index (χ0v) is 18.0. The standard InChI is InChI=1S/C21H34N2O6/c1-6-12(5)13(10-24)23-17(18(25)22-11(3)4)21-9-8-14(29-21)15(16(21)19(23)26)20(27)28-7-2/h11-17,24H,6-10H2,1-5H3,(H,22,25)/t12-,13-,14-,15+,16+,17-,21+/m0/s1. The first-order valence-corrected chi connectivity index (χ1v) is 10.8. The summed E-state index contributed by atoms with van der Waals surface area (Å²) in [6, 6.07) is -1.48. The molecule has 3 saturated heterocycles. The van der Waals surface area contributed by atoms with E-state index in [2.05, 4.69) is 5.32 Å². The minimum absolute atomic E-state index is 0.00762.